The van der Waals surface area contributed by atoms with Gasteiger partial charge in [-0.3, -0.25) is 4.79 Å². The summed E-state index contributed by atoms with van der Waals surface area (Å²) in [4.78, 5) is 15.4. The molecule has 1 amide bonds. The second-order valence-electron chi connectivity index (χ2n) is 5.48. The molecular formula is C18H16N2O3. The van der Waals surface area contributed by atoms with Gasteiger partial charge in [0.25, 0.3) is 0 Å². The third-order valence-electron chi connectivity index (χ3n) is 3.95. The van der Waals surface area contributed by atoms with Crippen molar-refractivity contribution in [2.24, 2.45) is 0 Å². The highest BCUT2D eigenvalue weighted by molar-refractivity contribution is 5.92. The topological polar surface area (TPSA) is 63.4 Å². The molecule has 0 saturated heterocycles. The first kappa shape index (κ1) is 13.7. The van der Waals surface area contributed by atoms with Crippen molar-refractivity contribution in [2.45, 2.75) is 12.8 Å². The van der Waals surface area contributed by atoms with E-state index in [-0.39, 0.29) is 12.7 Å². The summed E-state index contributed by atoms with van der Waals surface area (Å²) in [6.07, 6.45) is 3.09. The molecule has 1 aliphatic heterocycles. The van der Waals surface area contributed by atoms with E-state index in [0.717, 1.165) is 16.8 Å². The van der Waals surface area contributed by atoms with Gasteiger partial charge >= 0.3 is 0 Å². The van der Waals surface area contributed by atoms with Crippen molar-refractivity contribution in [3.63, 3.8) is 0 Å². The predicted molar refractivity (Wildman–Crippen MR) is 87.8 cm³/mol. The van der Waals surface area contributed by atoms with Crippen molar-refractivity contribution >= 4 is 22.5 Å². The Kier molecular flexibility index (Phi) is 3.38. The molecule has 2 heterocycles. The zero-order valence-corrected chi connectivity index (χ0v) is 12.5. The van der Waals surface area contributed by atoms with E-state index < -0.39 is 0 Å². The molecule has 116 valence electrons. The van der Waals surface area contributed by atoms with E-state index in [1.165, 1.54) is 5.39 Å². The molecule has 1 aromatic heterocycles. The average molecular weight is 308 g/mol. The number of rotatable bonds is 4. The first-order valence-corrected chi connectivity index (χ1v) is 7.54. The van der Waals surface area contributed by atoms with E-state index in [1.807, 2.05) is 30.5 Å². The third-order valence-corrected chi connectivity index (χ3v) is 3.95. The van der Waals surface area contributed by atoms with Crippen molar-refractivity contribution in [1.82, 2.24) is 4.98 Å². The minimum absolute atomic E-state index is 0.0193. The molecule has 2 N–H and O–H groups in total. The fraction of sp³-hybridized carbons (Fsp3) is 0.167. The van der Waals surface area contributed by atoms with Crippen LogP contribution in [0.2, 0.25) is 0 Å². The molecule has 0 fully saturated rings. The van der Waals surface area contributed by atoms with Crippen molar-refractivity contribution in [3.8, 4) is 11.5 Å². The number of ether oxygens (including phenoxy) is 2. The number of H-pyrrole nitrogens is 1. The van der Waals surface area contributed by atoms with Gasteiger partial charge < -0.3 is 19.8 Å². The van der Waals surface area contributed by atoms with E-state index in [2.05, 4.69) is 16.4 Å². The van der Waals surface area contributed by atoms with Crippen molar-refractivity contribution in [1.29, 1.82) is 0 Å². The molecule has 0 radical (unpaired) electrons. The van der Waals surface area contributed by atoms with Crippen LogP contribution in [0.15, 0.2) is 48.7 Å². The summed E-state index contributed by atoms with van der Waals surface area (Å²) in [7, 11) is 0. The highest BCUT2D eigenvalue weighted by atomic mass is 16.7. The SMILES string of the molecule is O=C(CCc1c[nH]c2ccccc12)Nc1ccc2c(c1)OCO2. The molecule has 0 aliphatic carbocycles. The number of aryl methyl sites for hydroxylation is 1. The van der Waals surface area contributed by atoms with Crippen LogP contribution in [0.1, 0.15) is 12.0 Å². The number of aromatic nitrogens is 1. The Hall–Kier alpha value is -2.95. The molecule has 0 atom stereocenters. The first-order valence-electron chi connectivity index (χ1n) is 7.54. The van der Waals surface area contributed by atoms with E-state index in [4.69, 9.17) is 9.47 Å². The molecule has 0 unspecified atom stereocenters. The maximum atomic E-state index is 12.2. The van der Waals surface area contributed by atoms with Gasteiger partial charge in [0.1, 0.15) is 0 Å². The lowest BCUT2D eigenvalue weighted by Gasteiger charge is -2.06. The number of carbonyl (C=O) groups is 1. The van der Waals surface area contributed by atoms with Crippen LogP contribution in [0.5, 0.6) is 11.5 Å². The fourth-order valence-corrected chi connectivity index (χ4v) is 2.78. The normalized spacial score (nSPS) is 12.5. The van der Waals surface area contributed by atoms with Crippen LogP contribution < -0.4 is 14.8 Å². The summed E-state index contributed by atoms with van der Waals surface area (Å²) in [6.45, 7) is 0.229. The van der Waals surface area contributed by atoms with Crippen molar-refractivity contribution in [2.75, 3.05) is 12.1 Å². The predicted octanol–water partition coefficient (Wildman–Crippen LogP) is 3.47. The Bertz CT molecular complexity index is 870. The van der Waals surface area contributed by atoms with Crippen LogP contribution in [-0.4, -0.2) is 17.7 Å². The van der Waals surface area contributed by atoms with Crippen LogP contribution in [0.4, 0.5) is 5.69 Å². The van der Waals surface area contributed by atoms with Gasteiger partial charge in [-0.25, -0.2) is 0 Å². The number of aromatic amines is 1. The van der Waals surface area contributed by atoms with Gasteiger partial charge in [0.2, 0.25) is 12.7 Å². The molecule has 5 nitrogen and oxygen atoms in total. The first-order chi connectivity index (χ1) is 11.3. The summed E-state index contributed by atoms with van der Waals surface area (Å²) in [6, 6.07) is 13.5. The summed E-state index contributed by atoms with van der Waals surface area (Å²) >= 11 is 0. The summed E-state index contributed by atoms with van der Waals surface area (Å²) < 4.78 is 10.6. The van der Waals surface area contributed by atoms with Crippen LogP contribution in [0, 0.1) is 0 Å². The number of nitrogens with one attached hydrogen (secondary N) is 2. The zero-order chi connectivity index (χ0) is 15.6. The van der Waals surface area contributed by atoms with Gasteiger partial charge in [0, 0.05) is 35.3 Å². The number of benzene rings is 2. The number of fused-ring (bicyclic) bond motifs is 2. The maximum Gasteiger partial charge on any atom is 0.231 e. The van der Waals surface area contributed by atoms with E-state index in [9.17, 15) is 4.79 Å². The fourth-order valence-electron chi connectivity index (χ4n) is 2.78. The van der Waals surface area contributed by atoms with Crippen LogP contribution >= 0.6 is 0 Å². The number of hydrogen-bond acceptors (Lipinski definition) is 3. The molecule has 2 aromatic carbocycles. The zero-order valence-electron chi connectivity index (χ0n) is 12.5. The van der Waals surface area contributed by atoms with Gasteiger partial charge in [-0.15, -0.1) is 0 Å². The van der Waals surface area contributed by atoms with Crippen LogP contribution in [0.25, 0.3) is 10.9 Å². The average Bonchev–Trinajstić information content (AvgIpc) is 3.19. The summed E-state index contributed by atoms with van der Waals surface area (Å²) in [5.41, 5.74) is 2.97. The monoisotopic (exact) mass is 308 g/mol. The number of anilines is 1. The Labute approximate surface area is 133 Å². The van der Waals surface area contributed by atoms with Gasteiger partial charge in [-0.2, -0.15) is 0 Å². The lowest BCUT2D eigenvalue weighted by molar-refractivity contribution is -0.116. The quantitative estimate of drug-likeness (QED) is 0.775. The van der Waals surface area contributed by atoms with Gasteiger partial charge in [-0.05, 0) is 30.2 Å². The Morgan fingerprint density at radius 2 is 2.00 bits per heavy atom. The molecule has 0 spiro atoms. The highest BCUT2D eigenvalue weighted by Gasteiger charge is 2.14. The maximum absolute atomic E-state index is 12.2. The van der Waals surface area contributed by atoms with Gasteiger partial charge in [-0.1, -0.05) is 18.2 Å². The Morgan fingerprint density at radius 1 is 1.13 bits per heavy atom. The Balaban J connectivity index is 1.40. The third kappa shape index (κ3) is 2.73. The van der Waals surface area contributed by atoms with E-state index in [1.54, 1.807) is 12.1 Å². The molecule has 3 aromatic rings. The number of hydrogen-bond donors (Lipinski definition) is 2. The van der Waals surface area contributed by atoms with E-state index in [0.29, 0.717) is 24.3 Å². The van der Waals surface area contributed by atoms with Gasteiger partial charge in [0.05, 0.1) is 0 Å². The molecule has 4 rings (SSSR count). The second-order valence-corrected chi connectivity index (χ2v) is 5.48. The van der Waals surface area contributed by atoms with Gasteiger partial charge in [0.15, 0.2) is 11.5 Å². The smallest absolute Gasteiger partial charge is 0.231 e. The largest absolute Gasteiger partial charge is 0.454 e. The molecule has 23 heavy (non-hydrogen) atoms. The summed E-state index contributed by atoms with van der Waals surface area (Å²) in [5.74, 6) is 1.36. The molecule has 1 aliphatic rings. The number of para-hydroxylation sites is 1. The van der Waals surface area contributed by atoms with Crippen molar-refractivity contribution in [3.05, 3.63) is 54.2 Å². The lowest BCUT2D eigenvalue weighted by atomic mass is 10.1. The molecular weight excluding hydrogens is 292 g/mol. The van der Waals surface area contributed by atoms with Crippen LogP contribution in [0.3, 0.4) is 0 Å². The number of carbonyl (C=O) groups excluding carboxylic acids is 1. The number of amides is 1. The molecule has 0 saturated carbocycles. The minimum atomic E-state index is -0.0193. The molecule has 0 bridgehead atoms. The second kappa shape index (κ2) is 5.68. The standard InChI is InChI=1S/C18H16N2O3/c21-18(20-13-6-7-16-17(9-13)23-11-22-16)8-5-12-10-19-15-4-2-1-3-14(12)15/h1-4,6-7,9-10,19H,5,8,11H2,(H,20,21). The summed E-state index contributed by atoms with van der Waals surface area (Å²) in [5, 5.41) is 4.07. The van der Waals surface area contributed by atoms with Crippen molar-refractivity contribution < 1.29 is 14.3 Å². The highest BCUT2D eigenvalue weighted by Crippen LogP contribution is 2.34. The minimum Gasteiger partial charge on any atom is -0.454 e. The Morgan fingerprint density at radius 3 is 2.96 bits per heavy atom. The van der Waals surface area contributed by atoms with E-state index >= 15 is 0 Å². The lowest BCUT2D eigenvalue weighted by Crippen LogP contribution is -2.12. The van der Waals surface area contributed by atoms with Crippen LogP contribution in [-0.2, 0) is 11.2 Å². The molecule has 5 heteroatoms.